The average Bonchev–Trinajstić information content (AvgIpc) is 2.95. The number of aromatic nitrogens is 3. The third-order valence-electron chi connectivity index (χ3n) is 4.83. The first-order valence-electron chi connectivity index (χ1n) is 9.12. The third-order valence-corrected chi connectivity index (χ3v) is 5.43. The molecule has 1 saturated heterocycles. The molecule has 1 fully saturated rings. The summed E-state index contributed by atoms with van der Waals surface area (Å²) < 4.78 is 8.37. The van der Waals surface area contributed by atoms with Crippen molar-refractivity contribution in [2.75, 3.05) is 25.4 Å². The highest BCUT2D eigenvalue weighted by molar-refractivity contribution is 9.10. The van der Waals surface area contributed by atoms with Gasteiger partial charge in [0.05, 0.1) is 12.0 Å². The molecule has 0 atom stereocenters. The van der Waals surface area contributed by atoms with Crippen LogP contribution in [0.25, 0.3) is 11.0 Å². The van der Waals surface area contributed by atoms with Crippen LogP contribution in [-0.4, -0.2) is 45.2 Å². The Hall–Kier alpha value is -1.83. The Morgan fingerprint density at radius 2 is 2.12 bits per heavy atom. The van der Waals surface area contributed by atoms with Gasteiger partial charge in [-0.1, -0.05) is 13.8 Å². The van der Waals surface area contributed by atoms with Crippen molar-refractivity contribution in [3.8, 4) is 0 Å². The van der Waals surface area contributed by atoms with Gasteiger partial charge in [0.1, 0.15) is 17.8 Å². The van der Waals surface area contributed by atoms with E-state index in [1.54, 1.807) is 0 Å². The number of hydrogen-bond acceptors (Lipinski definition) is 5. The van der Waals surface area contributed by atoms with E-state index in [2.05, 4.69) is 30.5 Å². The van der Waals surface area contributed by atoms with Crippen LogP contribution in [-0.2, 0) is 11.3 Å². The quantitative estimate of drug-likeness (QED) is 0.792. The van der Waals surface area contributed by atoms with Gasteiger partial charge in [-0.25, -0.2) is 14.8 Å². The number of hydrogen-bond donors (Lipinski definition) is 1. The van der Waals surface area contributed by atoms with Gasteiger partial charge in [0.15, 0.2) is 0 Å². The highest BCUT2D eigenvalue weighted by Gasteiger charge is 2.24. The van der Waals surface area contributed by atoms with Crippen LogP contribution >= 0.6 is 15.9 Å². The molecule has 0 aromatic carbocycles. The minimum absolute atomic E-state index is 0.176. The lowest BCUT2D eigenvalue weighted by molar-refractivity contribution is 0.0779. The van der Waals surface area contributed by atoms with Crippen LogP contribution in [0.2, 0.25) is 0 Å². The molecule has 0 bridgehead atoms. The van der Waals surface area contributed by atoms with E-state index in [-0.39, 0.29) is 6.09 Å². The normalized spacial score (nSPS) is 15.8. The van der Waals surface area contributed by atoms with Gasteiger partial charge in [-0.15, -0.1) is 0 Å². The van der Waals surface area contributed by atoms with Crippen LogP contribution in [0.5, 0.6) is 0 Å². The fraction of sp³-hybridized carbons (Fsp3) is 0.611. The Labute approximate surface area is 162 Å². The Morgan fingerprint density at radius 3 is 2.81 bits per heavy atom. The first-order valence-corrected chi connectivity index (χ1v) is 9.91. The lowest BCUT2D eigenvalue weighted by Crippen LogP contribution is -2.39. The van der Waals surface area contributed by atoms with Gasteiger partial charge in [-0.3, -0.25) is 0 Å². The number of fused-ring (bicyclic) bond motifs is 1. The number of nitrogens with two attached hydrogens (primary N) is 1. The molecule has 26 heavy (non-hydrogen) atoms. The molecule has 0 spiro atoms. The van der Waals surface area contributed by atoms with Crippen LogP contribution in [0.1, 0.15) is 33.1 Å². The summed E-state index contributed by atoms with van der Waals surface area (Å²) in [6, 6.07) is 0. The van der Waals surface area contributed by atoms with Crippen molar-refractivity contribution in [1.29, 1.82) is 0 Å². The molecular formula is C18H26BrN5O2. The minimum Gasteiger partial charge on any atom is -0.449 e. The van der Waals surface area contributed by atoms with E-state index in [1.165, 1.54) is 6.33 Å². The zero-order valence-electron chi connectivity index (χ0n) is 15.3. The number of nitrogens with zero attached hydrogens (tertiary/aromatic N) is 4. The second kappa shape index (κ2) is 8.24. The predicted octanol–water partition coefficient (Wildman–Crippen LogP) is 3.67. The van der Waals surface area contributed by atoms with Crippen molar-refractivity contribution >= 4 is 38.9 Å². The van der Waals surface area contributed by atoms with Gasteiger partial charge in [-0.05, 0) is 47.0 Å². The maximum atomic E-state index is 12.0. The molecule has 7 nitrogen and oxygen atoms in total. The van der Waals surface area contributed by atoms with Crippen LogP contribution in [0, 0.1) is 11.8 Å². The Kier molecular flexibility index (Phi) is 6.01. The number of likely N-dealkylation sites (tertiary alicyclic amines) is 1. The topological polar surface area (TPSA) is 86.3 Å². The monoisotopic (exact) mass is 423 g/mol. The molecule has 2 aromatic heterocycles. The highest BCUT2D eigenvalue weighted by Crippen LogP contribution is 2.29. The first-order chi connectivity index (χ1) is 12.5. The van der Waals surface area contributed by atoms with Gasteiger partial charge in [0.2, 0.25) is 0 Å². The summed E-state index contributed by atoms with van der Waals surface area (Å²) in [5, 5.41) is 0.871. The number of amides is 1. The standard InChI is InChI=1S/C18H26BrN5O2/c1-12(2)10-26-18(25)23-6-3-13(4-7-23)5-8-24-9-14(19)15-16(20)21-11-22-17(15)24/h9,11-13H,3-8,10H2,1-2H3,(H2,20,21,22). The number of anilines is 1. The Morgan fingerprint density at radius 1 is 1.38 bits per heavy atom. The van der Waals surface area contributed by atoms with Crippen molar-refractivity contribution in [3.05, 3.63) is 17.0 Å². The van der Waals surface area contributed by atoms with Crippen LogP contribution < -0.4 is 5.73 Å². The summed E-state index contributed by atoms with van der Waals surface area (Å²) in [5.41, 5.74) is 6.81. The van der Waals surface area contributed by atoms with E-state index in [1.807, 2.05) is 24.9 Å². The van der Waals surface area contributed by atoms with E-state index in [0.717, 1.165) is 54.4 Å². The summed E-state index contributed by atoms with van der Waals surface area (Å²) >= 11 is 3.54. The third kappa shape index (κ3) is 4.28. The van der Waals surface area contributed by atoms with Gasteiger partial charge in [0.25, 0.3) is 0 Å². The summed E-state index contributed by atoms with van der Waals surface area (Å²) in [4.78, 5) is 22.3. The van der Waals surface area contributed by atoms with Crippen molar-refractivity contribution in [1.82, 2.24) is 19.4 Å². The molecule has 1 aliphatic heterocycles. The van der Waals surface area contributed by atoms with Crippen LogP contribution in [0.4, 0.5) is 10.6 Å². The molecule has 0 saturated carbocycles. The maximum Gasteiger partial charge on any atom is 0.409 e. The maximum absolute atomic E-state index is 12.0. The number of carbonyl (C=O) groups excluding carboxylic acids is 1. The number of rotatable bonds is 5. The summed E-state index contributed by atoms with van der Waals surface area (Å²) in [7, 11) is 0. The SMILES string of the molecule is CC(C)COC(=O)N1CCC(CCn2cc(Br)c3c(N)ncnc32)CC1. The minimum atomic E-state index is -0.176. The smallest absolute Gasteiger partial charge is 0.409 e. The molecule has 3 heterocycles. The lowest BCUT2D eigenvalue weighted by Gasteiger charge is -2.31. The van der Waals surface area contributed by atoms with E-state index in [4.69, 9.17) is 10.5 Å². The molecular weight excluding hydrogens is 398 g/mol. The second-order valence-corrected chi connectivity index (χ2v) is 8.17. The largest absolute Gasteiger partial charge is 0.449 e. The zero-order valence-corrected chi connectivity index (χ0v) is 16.9. The average molecular weight is 424 g/mol. The Bertz CT molecular complexity index is 768. The molecule has 142 valence electrons. The predicted molar refractivity (Wildman–Crippen MR) is 105 cm³/mol. The van der Waals surface area contributed by atoms with E-state index in [9.17, 15) is 4.79 Å². The molecule has 3 rings (SSSR count). The summed E-state index contributed by atoms with van der Waals surface area (Å²) in [6.07, 6.45) is 6.41. The summed E-state index contributed by atoms with van der Waals surface area (Å²) in [6.45, 7) is 6.99. The van der Waals surface area contributed by atoms with E-state index < -0.39 is 0 Å². The van der Waals surface area contributed by atoms with Gasteiger partial charge in [0, 0.05) is 30.3 Å². The van der Waals surface area contributed by atoms with E-state index in [0.29, 0.717) is 24.3 Å². The molecule has 0 radical (unpaired) electrons. The molecule has 8 heteroatoms. The highest BCUT2D eigenvalue weighted by atomic mass is 79.9. The second-order valence-electron chi connectivity index (χ2n) is 7.32. The lowest BCUT2D eigenvalue weighted by atomic mass is 9.94. The first kappa shape index (κ1) is 18.9. The van der Waals surface area contributed by atoms with Gasteiger partial charge in [-0.2, -0.15) is 0 Å². The van der Waals surface area contributed by atoms with Gasteiger partial charge < -0.3 is 19.9 Å². The number of carbonyl (C=O) groups is 1. The molecule has 0 aliphatic carbocycles. The number of ether oxygens (including phenoxy) is 1. The fourth-order valence-corrected chi connectivity index (χ4v) is 3.95. The van der Waals surface area contributed by atoms with Gasteiger partial charge >= 0.3 is 6.09 Å². The molecule has 2 aromatic rings. The van der Waals surface area contributed by atoms with Crippen molar-refractivity contribution in [2.45, 2.75) is 39.7 Å². The molecule has 1 aliphatic rings. The summed E-state index contributed by atoms with van der Waals surface area (Å²) in [5.74, 6) is 1.46. The zero-order chi connectivity index (χ0) is 18.7. The number of halogens is 1. The van der Waals surface area contributed by atoms with Crippen LogP contribution in [0.3, 0.4) is 0 Å². The number of nitrogen functional groups attached to an aromatic ring is 1. The number of piperidine rings is 1. The fourth-order valence-electron chi connectivity index (χ4n) is 3.32. The molecule has 2 N–H and O–H groups in total. The number of aryl methyl sites for hydroxylation is 1. The Balaban J connectivity index is 1.52. The van der Waals surface area contributed by atoms with Crippen molar-refractivity contribution < 1.29 is 9.53 Å². The molecule has 0 unspecified atom stereocenters. The van der Waals surface area contributed by atoms with E-state index >= 15 is 0 Å². The van der Waals surface area contributed by atoms with Crippen molar-refractivity contribution in [3.63, 3.8) is 0 Å². The molecule has 1 amide bonds. The van der Waals surface area contributed by atoms with Crippen LogP contribution in [0.15, 0.2) is 17.0 Å². The van der Waals surface area contributed by atoms with Crippen molar-refractivity contribution in [2.24, 2.45) is 11.8 Å².